The van der Waals surface area contributed by atoms with Crippen molar-refractivity contribution in [2.75, 3.05) is 40.3 Å². The number of nitrogens with zero attached hydrogens (tertiary/aromatic N) is 5. The number of aliphatic hydroxyl groups is 1. The van der Waals surface area contributed by atoms with Crippen LogP contribution in [-0.2, 0) is 13.6 Å². The van der Waals surface area contributed by atoms with Crippen molar-refractivity contribution in [3.63, 3.8) is 0 Å². The highest BCUT2D eigenvalue weighted by atomic mass is 16.3. The Morgan fingerprint density at radius 2 is 1.95 bits per heavy atom. The number of aliphatic hydroxyl groups excluding tert-OH is 1. The fourth-order valence-electron chi connectivity index (χ4n) is 2.63. The number of aromatic nitrogens is 3. The molecular formula is C13H25N5O. The molecule has 6 nitrogen and oxygen atoms in total. The first-order valence-electron chi connectivity index (χ1n) is 6.98. The molecule has 2 heterocycles. The number of likely N-dealkylation sites (tertiary alicyclic amines) is 1. The van der Waals surface area contributed by atoms with Crippen LogP contribution in [0.2, 0.25) is 0 Å². The zero-order valence-electron chi connectivity index (χ0n) is 12.2. The Morgan fingerprint density at radius 3 is 2.58 bits per heavy atom. The number of hydrogen-bond donors (Lipinski definition) is 1. The normalized spacial score (nSPS) is 18.4. The van der Waals surface area contributed by atoms with Crippen LogP contribution in [0.3, 0.4) is 0 Å². The van der Waals surface area contributed by atoms with E-state index in [-0.39, 0.29) is 6.61 Å². The van der Waals surface area contributed by atoms with E-state index in [0.717, 1.165) is 44.1 Å². The van der Waals surface area contributed by atoms with Crippen molar-refractivity contribution in [2.24, 2.45) is 7.05 Å². The van der Waals surface area contributed by atoms with Gasteiger partial charge in [0.2, 0.25) is 0 Å². The first-order chi connectivity index (χ1) is 9.11. The summed E-state index contributed by atoms with van der Waals surface area (Å²) in [7, 11) is 6.21. The molecule has 0 radical (unpaired) electrons. The summed E-state index contributed by atoms with van der Waals surface area (Å²) in [6, 6.07) is 0. The van der Waals surface area contributed by atoms with Crippen LogP contribution in [0.25, 0.3) is 0 Å². The van der Waals surface area contributed by atoms with E-state index in [0.29, 0.717) is 12.5 Å². The van der Waals surface area contributed by atoms with Crippen LogP contribution in [0, 0.1) is 0 Å². The van der Waals surface area contributed by atoms with Crippen molar-refractivity contribution in [1.82, 2.24) is 24.6 Å². The molecule has 0 unspecified atom stereocenters. The minimum absolute atomic E-state index is 0.177. The van der Waals surface area contributed by atoms with Gasteiger partial charge in [-0.15, -0.1) is 10.2 Å². The molecule has 0 bridgehead atoms. The third kappa shape index (κ3) is 3.52. The van der Waals surface area contributed by atoms with E-state index in [1.54, 1.807) is 0 Å². The molecule has 0 amide bonds. The molecule has 19 heavy (non-hydrogen) atoms. The van der Waals surface area contributed by atoms with Gasteiger partial charge in [0.25, 0.3) is 0 Å². The predicted molar refractivity (Wildman–Crippen MR) is 73.9 cm³/mol. The molecule has 0 aromatic carbocycles. The van der Waals surface area contributed by atoms with Crippen LogP contribution in [0.1, 0.15) is 30.4 Å². The molecule has 1 aromatic heterocycles. The summed E-state index contributed by atoms with van der Waals surface area (Å²) in [5, 5.41) is 17.6. The van der Waals surface area contributed by atoms with E-state index in [4.69, 9.17) is 5.11 Å². The first kappa shape index (κ1) is 14.4. The van der Waals surface area contributed by atoms with Crippen molar-refractivity contribution in [2.45, 2.75) is 25.3 Å². The van der Waals surface area contributed by atoms with E-state index in [1.165, 1.54) is 0 Å². The molecule has 1 N–H and O–H groups in total. The average Bonchev–Trinajstić information content (AvgIpc) is 2.73. The summed E-state index contributed by atoms with van der Waals surface area (Å²) < 4.78 is 2.13. The minimum atomic E-state index is 0.177. The highest BCUT2D eigenvalue weighted by Gasteiger charge is 2.23. The van der Waals surface area contributed by atoms with E-state index >= 15 is 0 Å². The fourth-order valence-corrected chi connectivity index (χ4v) is 2.63. The zero-order chi connectivity index (χ0) is 13.8. The van der Waals surface area contributed by atoms with E-state index in [1.807, 2.05) is 7.05 Å². The predicted octanol–water partition coefficient (Wildman–Crippen LogP) is 0.0484. The third-order valence-electron chi connectivity index (χ3n) is 3.98. The van der Waals surface area contributed by atoms with Crippen LogP contribution in [0.4, 0.5) is 0 Å². The van der Waals surface area contributed by atoms with Crippen molar-refractivity contribution in [3.8, 4) is 0 Å². The summed E-state index contributed by atoms with van der Waals surface area (Å²) in [5.74, 6) is 2.62. The maximum absolute atomic E-state index is 8.93. The monoisotopic (exact) mass is 267 g/mol. The summed E-state index contributed by atoms with van der Waals surface area (Å²) >= 11 is 0. The zero-order valence-corrected chi connectivity index (χ0v) is 12.2. The number of rotatable bonds is 5. The first-order valence-corrected chi connectivity index (χ1v) is 6.98. The molecule has 6 heteroatoms. The molecule has 0 aliphatic carbocycles. The molecular weight excluding hydrogens is 242 g/mol. The molecule has 1 saturated heterocycles. The van der Waals surface area contributed by atoms with Gasteiger partial charge in [-0.1, -0.05) is 0 Å². The Hall–Kier alpha value is -0.980. The van der Waals surface area contributed by atoms with Crippen molar-refractivity contribution in [1.29, 1.82) is 0 Å². The van der Waals surface area contributed by atoms with Crippen molar-refractivity contribution >= 4 is 0 Å². The second-order valence-corrected chi connectivity index (χ2v) is 5.57. The number of piperidine rings is 1. The SMILES string of the molecule is CN1CCC(c2nnc(CN(C)CCO)n2C)CC1. The van der Waals surface area contributed by atoms with Gasteiger partial charge in [-0.05, 0) is 40.0 Å². The highest BCUT2D eigenvalue weighted by molar-refractivity contribution is 5.03. The maximum Gasteiger partial charge on any atom is 0.146 e. The highest BCUT2D eigenvalue weighted by Crippen LogP contribution is 2.26. The van der Waals surface area contributed by atoms with Gasteiger partial charge in [-0.25, -0.2) is 0 Å². The summed E-state index contributed by atoms with van der Waals surface area (Å²) in [6.07, 6.45) is 2.32. The molecule has 108 valence electrons. The smallest absolute Gasteiger partial charge is 0.146 e. The molecule has 1 aliphatic rings. The van der Waals surface area contributed by atoms with Crippen LogP contribution in [0.5, 0.6) is 0 Å². The van der Waals surface area contributed by atoms with Crippen molar-refractivity contribution < 1.29 is 5.11 Å². The van der Waals surface area contributed by atoms with E-state index in [9.17, 15) is 0 Å². The fraction of sp³-hybridized carbons (Fsp3) is 0.846. The average molecular weight is 267 g/mol. The molecule has 1 aliphatic heterocycles. The number of hydrogen-bond acceptors (Lipinski definition) is 5. The third-order valence-corrected chi connectivity index (χ3v) is 3.98. The van der Waals surface area contributed by atoms with Gasteiger partial charge in [0.15, 0.2) is 0 Å². The van der Waals surface area contributed by atoms with Gasteiger partial charge >= 0.3 is 0 Å². The van der Waals surface area contributed by atoms with E-state index in [2.05, 4.69) is 38.7 Å². The lowest BCUT2D eigenvalue weighted by atomic mass is 9.96. The van der Waals surface area contributed by atoms with Gasteiger partial charge in [0.05, 0.1) is 13.2 Å². The quantitative estimate of drug-likeness (QED) is 0.817. The van der Waals surface area contributed by atoms with Gasteiger partial charge in [0, 0.05) is 19.5 Å². The molecule has 0 saturated carbocycles. The van der Waals surface area contributed by atoms with Gasteiger partial charge in [-0.2, -0.15) is 0 Å². The topological polar surface area (TPSA) is 57.4 Å². The molecule has 1 fully saturated rings. The number of likely N-dealkylation sites (N-methyl/N-ethyl adjacent to an activating group) is 1. The van der Waals surface area contributed by atoms with Crippen LogP contribution in [-0.4, -0.2) is 70.0 Å². The maximum atomic E-state index is 8.93. The molecule has 2 rings (SSSR count). The summed E-state index contributed by atoms with van der Waals surface area (Å²) in [6.45, 7) is 3.85. The van der Waals surface area contributed by atoms with Gasteiger partial charge in [0.1, 0.15) is 11.6 Å². The minimum Gasteiger partial charge on any atom is -0.395 e. The molecule has 0 spiro atoms. The standard InChI is InChI=1S/C13H25N5O/c1-16-6-4-11(5-7-16)13-15-14-12(18(13)3)10-17(2)8-9-19/h11,19H,4-10H2,1-3H3. The van der Waals surface area contributed by atoms with Gasteiger partial charge in [-0.3, -0.25) is 4.90 Å². The second-order valence-electron chi connectivity index (χ2n) is 5.57. The molecule has 0 atom stereocenters. The molecule has 1 aromatic rings. The Labute approximate surface area is 115 Å². The lowest BCUT2D eigenvalue weighted by molar-refractivity contribution is 0.213. The Morgan fingerprint density at radius 1 is 1.26 bits per heavy atom. The van der Waals surface area contributed by atoms with Gasteiger partial charge < -0.3 is 14.6 Å². The van der Waals surface area contributed by atoms with Crippen LogP contribution >= 0.6 is 0 Å². The van der Waals surface area contributed by atoms with Crippen LogP contribution < -0.4 is 0 Å². The van der Waals surface area contributed by atoms with Crippen molar-refractivity contribution in [3.05, 3.63) is 11.6 Å². The summed E-state index contributed by atoms with van der Waals surface area (Å²) in [4.78, 5) is 4.42. The van der Waals surface area contributed by atoms with E-state index < -0.39 is 0 Å². The Bertz CT molecular complexity index is 398. The second kappa shape index (κ2) is 6.45. The lowest BCUT2D eigenvalue weighted by Crippen LogP contribution is -2.30. The van der Waals surface area contributed by atoms with Crippen LogP contribution in [0.15, 0.2) is 0 Å². The Balaban J connectivity index is 2.01. The Kier molecular flexibility index (Phi) is 4.90. The largest absolute Gasteiger partial charge is 0.395 e. The summed E-state index contributed by atoms with van der Waals surface area (Å²) in [5.41, 5.74) is 0. The lowest BCUT2D eigenvalue weighted by Gasteiger charge is -2.28.